The Hall–Kier alpha value is -1.53. The van der Waals surface area contributed by atoms with E-state index in [1.807, 2.05) is 22.9 Å². The summed E-state index contributed by atoms with van der Waals surface area (Å²) in [6.07, 6.45) is 5.64. The van der Waals surface area contributed by atoms with E-state index in [1.54, 1.807) is 6.33 Å². The molecule has 3 heteroatoms. The van der Waals surface area contributed by atoms with E-state index in [9.17, 15) is 0 Å². The average Bonchev–Trinajstić information content (AvgIpc) is 2.60. The Morgan fingerprint density at radius 3 is 2.87 bits per heavy atom. The van der Waals surface area contributed by atoms with Crippen molar-refractivity contribution >= 4 is 13.6 Å². The molecule has 0 fully saturated rings. The second-order valence-corrected chi connectivity index (χ2v) is 9.39. The summed E-state index contributed by atoms with van der Waals surface area (Å²) in [6, 6.07) is 4.10. The molecule has 2 rings (SSSR count). The second-order valence-electron chi connectivity index (χ2n) is 4.64. The molecule has 0 aliphatic rings. The van der Waals surface area contributed by atoms with Crippen LogP contribution in [0.1, 0.15) is 5.56 Å². The average molecular weight is 214 g/mol. The highest BCUT2D eigenvalue weighted by atomic mass is 28.3. The maximum atomic E-state index is 4.07. The summed E-state index contributed by atoms with van der Waals surface area (Å²) in [5.74, 6) is 3.24. The molecule has 0 unspecified atom stereocenters. The molecule has 0 spiro atoms. The summed E-state index contributed by atoms with van der Waals surface area (Å²) < 4.78 is 1.99. The third kappa shape index (κ3) is 2.48. The van der Waals surface area contributed by atoms with Crippen molar-refractivity contribution in [2.24, 2.45) is 0 Å². The zero-order valence-corrected chi connectivity index (χ0v) is 10.3. The maximum Gasteiger partial charge on any atom is 0.129 e. The number of aromatic nitrogens is 2. The molecule has 0 saturated heterocycles. The van der Waals surface area contributed by atoms with Gasteiger partial charge in [0.05, 0.1) is 18.0 Å². The van der Waals surface area contributed by atoms with Gasteiger partial charge < -0.3 is 4.40 Å². The lowest BCUT2D eigenvalue weighted by molar-refractivity contribution is 1.15. The highest BCUT2D eigenvalue weighted by Gasteiger charge is 2.07. The van der Waals surface area contributed by atoms with E-state index < -0.39 is 8.07 Å². The number of hydrogen-bond acceptors (Lipinski definition) is 1. The molecule has 0 aromatic carbocycles. The Bertz CT molecular complexity index is 538. The molecule has 0 radical (unpaired) electrons. The van der Waals surface area contributed by atoms with E-state index in [1.165, 1.54) is 0 Å². The van der Waals surface area contributed by atoms with E-state index in [2.05, 4.69) is 42.2 Å². The van der Waals surface area contributed by atoms with Gasteiger partial charge in [-0.15, -0.1) is 5.54 Å². The maximum absolute atomic E-state index is 4.07. The minimum absolute atomic E-state index is 1.07. The summed E-state index contributed by atoms with van der Waals surface area (Å²) in [4.78, 5) is 4.07. The summed E-state index contributed by atoms with van der Waals surface area (Å²) in [5, 5.41) is 0. The number of nitrogens with zero attached hydrogens (tertiary/aromatic N) is 2. The topological polar surface area (TPSA) is 17.3 Å². The minimum atomic E-state index is -1.27. The van der Waals surface area contributed by atoms with E-state index in [4.69, 9.17) is 0 Å². The fraction of sp³-hybridized carbons (Fsp3) is 0.250. The molecule has 0 atom stereocenters. The Kier molecular flexibility index (Phi) is 2.37. The highest BCUT2D eigenvalue weighted by molar-refractivity contribution is 6.83. The van der Waals surface area contributed by atoms with Gasteiger partial charge in [-0.25, -0.2) is 4.98 Å². The summed E-state index contributed by atoms with van der Waals surface area (Å²) in [7, 11) is -1.27. The van der Waals surface area contributed by atoms with Crippen LogP contribution in [0.2, 0.25) is 19.6 Å². The molecule has 2 nitrogen and oxygen atoms in total. The molecule has 76 valence electrons. The number of hydrogen-bond donors (Lipinski definition) is 0. The van der Waals surface area contributed by atoms with Crippen molar-refractivity contribution in [3.63, 3.8) is 0 Å². The smallest absolute Gasteiger partial charge is 0.129 e. The lowest BCUT2D eigenvalue weighted by atomic mass is 10.2. The van der Waals surface area contributed by atoms with Gasteiger partial charge >= 0.3 is 0 Å². The molecule has 2 aromatic rings. The Labute approximate surface area is 91.0 Å². The van der Waals surface area contributed by atoms with Crippen molar-refractivity contribution in [1.82, 2.24) is 9.38 Å². The van der Waals surface area contributed by atoms with E-state index in [0.717, 1.165) is 11.1 Å². The Morgan fingerprint density at radius 2 is 2.13 bits per heavy atom. The van der Waals surface area contributed by atoms with Gasteiger partial charge in [0.2, 0.25) is 0 Å². The van der Waals surface area contributed by atoms with Crippen molar-refractivity contribution in [1.29, 1.82) is 0 Å². The van der Waals surface area contributed by atoms with Gasteiger partial charge in [-0.3, -0.25) is 0 Å². The van der Waals surface area contributed by atoms with Crippen LogP contribution >= 0.6 is 0 Å². The molecule has 0 bridgehead atoms. The molecular formula is C12H14N2Si. The fourth-order valence-electron chi connectivity index (χ4n) is 1.26. The number of rotatable bonds is 0. The zero-order chi connectivity index (χ0) is 10.9. The molecular weight excluding hydrogens is 200 g/mol. The van der Waals surface area contributed by atoms with Gasteiger partial charge in [-0.05, 0) is 12.1 Å². The number of fused-ring (bicyclic) bond motifs is 1. The van der Waals surface area contributed by atoms with Crippen molar-refractivity contribution in [3.05, 3.63) is 36.4 Å². The molecule has 15 heavy (non-hydrogen) atoms. The third-order valence-electron chi connectivity index (χ3n) is 2.00. The number of pyridine rings is 1. The van der Waals surface area contributed by atoms with Crippen LogP contribution in [-0.4, -0.2) is 17.5 Å². The molecule has 0 N–H and O–H groups in total. The van der Waals surface area contributed by atoms with Gasteiger partial charge in [-0.2, -0.15) is 0 Å². The summed E-state index contributed by atoms with van der Waals surface area (Å²) >= 11 is 0. The van der Waals surface area contributed by atoms with Crippen molar-refractivity contribution in [3.8, 4) is 11.5 Å². The summed E-state index contributed by atoms with van der Waals surface area (Å²) in [5.41, 5.74) is 5.52. The first-order chi connectivity index (χ1) is 7.04. The van der Waals surface area contributed by atoms with Gasteiger partial charge in [0.1, 0.15) is 8.07 Å². The van der Waals surface area contributed by atoms with Crippen LogP contribution in [0, 0.1) is 11.5 Å². The molecule has 0 amide bonds. The molecule has 0 aliphatic carbocycles. The highest BCUT2D eigenvalue weighted by Crippen LogP contribution is 2.06. The van der Waals surface area contributed by atoms with Gasteiger partial charge in [0.25, 0.3) is 0 Å². The quantitative estimate of drug-likeness (QED) is 0.486. The SMILES string of the molecule is C[Si](C)(C)C#Cc1ccn2cncc2c1. The second kappa shape index (κ2) is 3.56. The molecule has 2 heterocycles. The van der Waals surface area contributed by atoms with E-state index in [-0.39, 0.29) is 0 Å². The first kappa shape index (κ1) is 10.0. The van der Waals surface area contributed by atoms with Crippen LogP contribution in [0.4, 0.5) is 0 Å². The fourth-order valence-corrected chi connectivity index (χ4v) is 1.78. The third-order valence-corrected chi connectivity index (χ3v) is 2.87. The lowest BCUT2D eigenvalue weighted by Gasteiger charge is -2.03. The number of imidazole rings is 1. The normalized spacial score (nSPS) is 11.1. The van der Waals surface area contributed by atoms with E-state index >= 15 is 0 Å². The van der Waals surface area contributed by atoms with Crippen LogP contribution in [0.15, 0.2) is 30.9 Å². The lowest BCUT2D eigenvalue weighted by Crippen LogP contribution is -2.16. The van der Waals surface area contributed by atoms with Crippen molar-refractivity contribution in [2.75, 3.05) is 0 Å². The first-order valence-electron chi connectivity index (χ1n) is 4.99. The molecule has 2 aromatic heterocycles. The first-order valence-corrected chi connectivity index (χ1v) is 8.49. The Morgan fingerprint density at radius 1 is 1.33 bits per heavy atom. The Balaban J connectivity index is 2.39. The van der Waals surface area contributed by atoms with E-state index in [0.29, 0.717) is 0 Å². The predicted octanol–water partition coefficient (Wildman–Crippen LogP) is 2.56. The standard InChI is InChI=1S/C12H14N2Si/c1-15(2,3)7-5-11-4-6-14-10-13-9-12(14)8-11/h4,6,8-10H,1-3H3. The van der Waals surface area contributed by atoms with Crippen molar-refractivity contribution in [2.45, 2.75) is 19.6 Å². The van der Waals surface area contributed by atoms with Gasteiger partial charge in [0.15, 0.2) is 0 Å². The molecule has 0 aliphatic heterocycles. The van der Waals surface area contributed by atoms with Gasteiger partial charge in [0, 0.05) is 11.8 Å². The van der Waals surface area contributed by atoms with Crippen LogP contribution in [0.25, 0.3) is 5.52 Å². The van der Waals surface area contributed by atoms with Crippen LogP contribution in [0.3, 0.4) is 0 Å². The predicted molar refractivity (Wildman–Crippen MR) is 65.4 cm³/mol. The molecule has 0 saturated carbocycles. The van der Waals surface area contributed by atoms with Crippen LogP contribution in [-0.2, 0) is 0 Å². The summed E-state index contributed by atoms with van der Waals surface area (Å²) in [6.45, 7) is 6.74. The minimum Gasteiger partial charge on any atom is -0.306 e. The van der Waals surface area contributed by atoms with Crippen LogP contribution in [0.5, 0.6) is 0 Å². The van der Waals surface area contributed by atoms with Crippen LogP contribution < -0.4 is 0 Å². The van der Waals surface area contributed by atoms with Crippen molar-refractivity contribution < 1.29 is 0 Å². The van der Waals surface area contributed by atoms with Gasteiger partial charge in [-0.1, -0.05) is 25.6 Å². The monoisotopic (exact) mass is 214 g/mol. The largest absolute Gasteiger partial charge is 0.306 e. The zero-order valence-electron chi connectivity index (χ0n) is 9.28.